The molecular weight excluding hydrogens is 336 g/mol. The molecule has 0 bridgehead atoms. The Balaban J connectivity index is 1.95. The van der Waals surface area contributed by atoms with Gasteiger partial charge in [0.25, 0.3) is 0 Å². The molecule has 128 valence electrons. The molecule has 0 unspecified atom stereocenters. The largest absolute Gasteiger partial charge is 0.497 e. The van der Waals surface area contributed by atoms with E-state index in [0.717, 1.165) is 22.6 Å². The van der Waals surface area contributed by atoms with Crippen molar-refractivity contribution in [2.24, 2.45) is 0 Å². The molecule has 6 heteroatoms. The number of benzene rings is 2. The van der Waals surface area contributed by atoms with Crippen LogP contribution in [0.15, 0.2) is 48.5 Å². The van der Waals surface area contributed by atoms with E-state index in [9.17, 15) is 9.90 Å². The van der Waals surface area contributed by atoms with Crippen molar-refractivity contribution in [1.29, 1.82) is 0 Å². The Hall–Kier alpha value is -2.86. The van der Waals surface area contributed by atoms with Crippen molar-refractivity contribution in [2.75, 3.05) is 12.4 Å². The lowest BCUT2D eigenvalue weighted by molar-refractivity contribution is -0.136. The van der Waals surface area contributed by atoms with Crippen LogP contribution in [0, 0.1) is 6.92 Å². The van der Waals surface area contributed by atoms with Gasteiger partial charge in [-0.1, -0.05) is 12.1 Å². The van der Waals surface area contributed by atoms with Crippen LogP contribution >= 0.6 is 11.3 Å². The second kappa shape index (κ2) is 7.36. The van der Waals surface area contributed by atoms with Gasteiger partial charge in [0.15, 0.2) is 5.13 Å². The third-order valence-electron chi connectivity index (χ3n) is 3.64. The van der Waals surface area contributed by atoms with Gasteiger partial charge in [0, 0.05) is 16.1 Å². The third kappa shape index (κ3) is 4.16. The summed E-state index contributed by atoms with van der Waals surface area (Å²) in [5.41, 5.74) is 3.62. The summed E-state index contributed by atoms with van der Waals surface area (Å²) in [7, 11) is 1.61. The maximum atomic E-state index is 11.2. The fourth-order valence-corrected chi connectivity index (χ4v) is 3.48. The van der Waals surface area contributed by atoms with Crippen molar-refractivity contribution >= 4 is 28.1 Å². The Bertz CT molecular complexity index is 888. The van der Waals surface area contributed by atoms with E-state index in [0.29, 0.717) is 15.7 Å². The van der Waals surface area contributed by atoms with E-state index in [1.54, 1.807) is 7.11 Å². The topological polar surface area (TPSA) is 71.5 Å². The summed E-state index contributed by atoms with van der Waals surface area (Å²) >= 11 is 1.36. The Morgan fingerprint density at radius 3 is 2.64 bits per heavy atom. The smallest absolute Gasteiger partial charge is 0.308 e. The predicted octanol–water partition coefficient (Wildman–Crippen LogP) is 4.50. The molecular formula is C19H18N2O3S. The van der Waals surface area contributed by atoms with Gasteiger partial charge in [0.1, 0.15) is 5.75 Å². The lowest BCUT2D eigenvalue weighted by atomic mass is 10.1. The third-order valence-corrected chi connectivity index (χ3v) is 4.61. The minimum Gasteiger partial charge on any atom is -0.497 e. The quantitative estimate of drug-likeness (QED) is 0.682. The van der Waals surface area contributed by atoms with Crippen molar-refractivity contribution < 1.29 is 14.6 Å². The van der Waals surface area contributed by atoms with Crippen LogP contribution in [-0.2, 0) is 11.2 Å². The van der Waals surface area contributed by atoms with E-state index >= 15 is 0 Å². The van der Waals surface area contributed by atoms with Crippen molar-refractivity contribution in [1.82, 2.24) is 4.98 Å². The molecule has 0 saturated carbocycles. The normalized spacial score (nSPS) is 10.5. The Kier molecular flexibility index (Phi) is 5.00. The monoisotopic (exact) mass is 354 g/mol. The molecule has 0 aliphatic carbocycles. The van der Waals surface area contributed by atoms with Crippen LogP contribution in [0.3, 0.4) is 0 Å². The number of carbonyl (C=O) groups is 1. The summed E-state index contributed by atoms with van der Waals surface area (Å²) in [5, 5.41) is 13.1. The average Bonchev–Trinajstić information content (AvgIpc) is 2.96. The van der Waals surface area contributed by atoms with Gasteiger partial charge in [0.05, 0.1) is 19.2 Å². The van der Waals surface area contributed by atoms with Gasteiger partial charge in [-0.05, 0) is 48.9 Å². The van der Waals surface area contributed by atoms with Crippen LogP contribution in [-0.4, -0.2) is 23.2 Å². The zero-order chi connectivity index (χ0) is 17.8. The lowest BCUT2D eigenvalue weighted by Gasteiger charge is -2.03. The molecule has 3 rings (SSSR count). The van der Waals surface area contributed by atoms with Crippen LogP contribution in [0.25, 0.3) is 11.3 Å². The number of rotatable bonds is 6. The summed E-state index contributed by atoms with van der Waals surface area (Å²) < 4.78 is 5.17. The molecule has 0 spiro atoms. The maximum Gasteiger partial charge on any atom is 0.308 e. The van der Waals surface area contributed by atoms with Crippen LogP contribution in [0.1, 0.15) is 10.4 Å². The van der Waals surface area contributed by atoms with E-state index in [-0.39, 0.29) is 6.42 Å². The molecule has 2 aromatic carbocycles. The number of hydrogen-bond acceptors (Lipinski definition) is 5. The second-order valence-corrected chi connectivity index (χ2v) is 6.67. The van der Waals surface area contributed by atoms with Gasteiger partial charge < -0.3 is 15.2 Å². The first-order valence-corrected chi connectivity index (χ1v) is 8.56. The van der Waals surface area contributed by atoms with Gasteiger partial charge in [-0.3, -0.25) is 4.79 Å². The maximum absolute atomic E-state index is 11.2. The highest BCUT2D eigenvalue weighted by Crippen LogP contribution is 2.34. The molecule has 1 aromatic heterocycles. The van der Waals surface area contributed by atoms with Gasteiger partial charge in [-0.25, -0.2) is 4.98 Å². The van der Waals surface area contributed by atoms with Crippen LogP contribution in [0.4, 0.5) is 10.8 Å². The fourth-order valence-electron chi connectivity index (χ4n) is 2.48. The average molecular weight is 354 g/mol. The Labute approximate surface area is 149 Å². The van der Waals surface area contributed by atoms with Gasteiger partial charge in [-0.15, -0.1) is 11.3 Å². The number of carboxylic acid groups (broad SMARTS) is 1. The number of thiazole rings is 1. The van der Waals surface area contributed by atoms with E-state index in [2.05, 4.69) is 10.3 Å². The molecule has 0 fully saturated rings. The first-order chi connectivity index (χ1) is 12.0. The number of carboxylic acids is 1. The fraction of sp³-hybridized carbons (Fsp3) is 0.158. The molecule has 1 heterocycles. The molecule has 3 aromatic rings. The van der Waals surface area contributed by atoms with E-state index in [1.165, 1.54) is 11.3 Å². The first kappa shape index (κ1) is 17.0. The summed E-state index contributed by atoms with van der Waals surface area (Å²) in [6, 6.07) is 15.4. The van der Waals surface area contributed by atoms with Crippen LogP contribution < -0.4 is 10.1 Å². The number of nitrogens with one attached hydrogen (secondary N) is 1. The number of ether oxygens (including phenoxy) is 1. The highest BCUT2D eigenvalue weighted by atomic mass is 32.1. The second-order valence-electron chi connectivity index (χ2n) is 5.58. The van der Waals surface area contributed by atoms with E-state index in [1.807, 2.05) is 55.5 Å². The van der Waals surface area contributed by atoms with Gasteiger partial charge in [-0.2, -0.15) is 0 Å². The van der Waals surface area contributed by atoms with Crippen molar-refractivity contribution in [3.8, 4) is 17.0 Å². The van der Waals surface area contributed by atoms with Gasteiger partial charge in [0.2, 0.25) is 0 Å². The Morgan fingerprint density at radius 1 is 1.24 bits per heavy atom. The standard InChI is InChI=1S/C19H18N2O3S/c1-12-4-3-5-14(10-12)20-19-21-18(16(25-19)11-17(22)23)13-6-8-15(24-2)9-7-13/h3-10H,11H2,1-2H3,(H,20,21)(H,22,23). The Morgan fingerprint density at radius 2 is 2.00 bits per heavy atom. The number of hydrogen-bond donors (Lipinski definition) is 2. The van der Waals surface area contributed by atoms with Crippen molar-refractivity contribution in [3.05, 3.63) is 59.0 Å². The molecule has 0 aliphatic rings. The SMILES string of the molecule is COc1ccc(-c2nc(Nc3cccc(C)c3)sc2CC(=O)O)cc1. The molecule has 0 radical (unpaired) electrons. The van der Waals surface area contributed by atoms with Crippen molar-refractivity contribution in [3.63, 3.8) is 0 Å². The van der Waals surface area contributed by atoms with Gasteiger partial charge >= 0.3 is 5.97 Å². The molecule has 0 atom stereocenters. The number of methoxy groups -OCH3 is 1. The minimum atomic E-state index is -0.875. The molecule has 5 nitrogen and oxygen atoms in total. The summed E-state index contributed by atoms with van der Waals surface area (Å²) in [5.74, 6) is -0.127. The number of aliphatic carboxylic acids is 1. The number of nitrogens with zero attached hydrogens (tertiary/aromatic N) is 1. The van der Waals surface area contributed by atoms with E-state index < -0.39 is 5.97 Å². The molecule has 0 aliphatic heterocycles. The highest BCUT2D eigenvalue weighted by Gasteiger charge is 2.16. The molecule has 0 saturated heterocycles. The highest BCUT2D eigenvalue weighted by molar-refractivity contribution is 7.16. The van der Waals surface area contributed by atoms with E-state index in [4.69, 9.17) is 4.74 Å². The zero-order valence-corrected chi connectivity index (χ0v) is 14.8. The first-order valence-electron chi connectivity index (χ1n) is 7.75. The van der Waals surface area contributed by atoms with Crippen LogP contribution in [0.2, 0.25) is 0 Å². The molecule has 0 amide bonds. The van der Waals surface area contributed by atoms with Crippen molar-refractivity contribution in [2.45, 2.75) is 13.3 Å². The summed E-state index contributed by atoms with van der Waals surface area (Å²) in [4.78, 5) is 16.5. The molecule has 25 heavy (non-hydrogen) atoms. The summed E-state index contributed by atoms with van der Waals surface area (Å²) in [6.07, 6.45) is -0.0610. The van der Waals surface area contributed by atoms with Crippen LogP contribution in [0.5, 0.6) is 5.75 Å². The number of anilines is 2. The minimum absolute atomic E-state index is 0.0610. The molecule has 2 N–H and O–H groups in total. The number of aromatic nitrogens is 1. The predicted molar refractivity (Wildman–Crippen MR) is 99.9 cm³/mol. The lowest BCUT2D eigenvalue weighted by Crippen LogP contribution is -1.99. The number of aryl methyl sites for hydroxylation is 1. The summed E-state index contributed by atoms with van der Waals surface area (Å²) in [6.45, 7) is 2.02. The zero-order valence-electron chi connectivity index (χ0n) is 13.9.